The Morgan fingerprint density at radius 1 is 1.18 bits per heavy atom. The second-order valence-corrected chi connectivity index (χ2v) is 10.4. The lowest BCUT2D eigenvalue weighted by Crippen LogP contribution is -2.62. The van der Waals surface area contributed by atoms with Crippen LogP contribution in [0.3, 0.4) is 0 Å². The summed E-state index contributed by atoms with van der Waals surface area (Å²) in [7, 11) is 0. The number of carboxylic acids is 1. The van der Waals surface area contributed by atoms with Gasteiger partial charge in [0, 0.05) is 6.04 Å². The average Bonchev–Trinajstić information content (AvgIpc) is 3.09. The van der Waals surface area contributed by atoms with Crippen LogP contribution in [0, 0.1) is 17.3 Å². The zero-order chi connectivity index (χ0) is 20.3. The summed E-state index contributed by atoms with van der Waals surface area (Å²) >= 11 is 0. The highest BCUT2D eigenvalue weighted by molar-refractivity contribution is 5.91. The largest absolute Gasteiger partial charge is 0.480 e. The van der Waals surface area contributed by atoms with Crippen molar-refractivity contribution in [1.82, 2.24) is 10.2 Å². The first-order valence-corrected chi connectivity index (χ1v) is 10.6. The van der Waals surface area contributed by atoms with Gasteiger partial charge in [-0.15, -0.1) is 0 Å². The molecule has 2 amide bonds. The van der Waals surface area contributed by atoms with Crippen LogP contribution in [0.5, 0.6) is 0 Å². The van der Waals surface area contributed by atoms with E-state index in [1.54, 1.807) is 25.7 Å². The molecule has 7 heteroatoms. The van der Waals surface area contributed by atoms with Crippen molar-refractivity contribution in [3.05, 3.63) is 0 Å². The van der Waals surface area contributed by atoms with Crippen LogP contribution in [-0.2, 0) is 14.3 Å². The molecule has 1 spiro atoms. The van der Waals surface area contributed by atoms with Crippen LogP contribution in [0.2, 0.25) is 0 Å². The van der Waals surface area contributed by atoms with Crippen LogP contribution >= 0.6 is 0 Å². The molecule has 2 bridgehead atoms. The average molecular weight is 392 g/mol. The normalized spacial score (nSPS) is 31.8. The van der Waals surface area contributed by atoms with E-state index in [0.717, 1.165) is 32.1 Å². The Labute approximate surface area is 166 Å². The molecule has 1 heterocycles. The number of nitrogens with zero attached hydrogens (tertiary/aromatic N) is 1. The third-order valence-corrected chi connectivity index (χ3v) is 7.31. The lowest BCUT2D eigenvalue weighted by molar-refractivity contribution is -0.156. The molecule has 1 aliphatic heterocycles. The minimum atomic E-state index is -0.930. The van der Waals surface area contributed by atoms with E-state index in [1.165, 1.54) is 19.3 Å². The number of nitrogens with one attached hydrogen (secondary N) is 1. The molecule has 0 aromatic carbocycles. The minimum absolute atomic E-state index is 0.0146. The third-order valence-electron chi connectivity index (χ3n) is 7.31. The molecule has 2 N–H and O–H groups in total. The monoisotopic (exact) mass is 392 g/mol. The first-order chi connectivity index (χ1) is 13.1. The number of hydrogen-bond donors (Lipinski definition) is 2. The second kappa shape index (κ2) is 6.63. The number of aliphatic carboxylic acids is 1. The molecular weight excluding hydrogens is 360 g/mol. The van der Waals surface area contributed by atoms with E-state index < -0.39 is 29.7 Å². The summed E-state index contributed by atoms with van der Waals surface area (Å²) < 4.78 is 5.39. The minimum Gasteiger partial charge on any atom is -0.480 e. The zero-order valence-electron chi connectivity index (χ0n) is 17.1. The van der Waals surface area contributed by atoms with E-state index in [1.807, 2.05) is 0 Å². The summed E-state index contributed by atoms with van der Waals surface area (Å²) in [5.41, 5.74) is -0.294. The first-order valence-electron chi connectivity index (χ1n) is 10.6. The van der Waals surface area contributed by atoms with Gasteiger partial charge in [0.15, 0.2) is 0 Å². The van der Waals surface area contributed by atoms with Crippen molar-refractivity contribution in [2.45, 2.75) is 95.9 Å². The number of carbonyl (C=O) groups excluding carboxylic acids is 2. The molecular formula is C21H32N2O5. The quantitative estimate of drug-likeness (QED) is 0.767. The Morgan fingerprint density at radius 2 is 1.86 bits per heavy atom. The lowest BCUT2D eigenvalue weighted by Gasteiger charge is -2.56. The lowest BCUT2D eigenvalue weighted by atomic mass is 9.50. The first kappa shape index (κ1) is 19.5. The van der Waals surface area contributed by atoms with Crippen molar-refractivity contribution < 1.29 is 24.2 Å². The Bertz CT molecular complexity index is 673. The Kier molecular flexibility index (Phi) is 4.62. The molecule has 0 radical (unpaired) electrons. The summed E-state index contributed by atoms with van der Waals surface area (Å²) in [6, 6.07) is -1.46. The van der Waals surface area contributed by atoms with Crippen molar-refractivity contribution in [3.63, 3.8) is 0 Å². The predicted molar refractivity (Wildman–Crippen MR) is 102 cm³/mol. The molecule has 3 saturated carbocycles. The van der Waals surface area contributed by atoms with Gasteiger partial charge in [-0.25, -0.2) is 9.59 Å². The SMILES string of the molecule is CC(C)(C)OC(=O)NC(C(=O)N1[C@@H]2CC[C@@H](C2)[C@H]1C(=O)O)C1CC2(CCC2)C1. The van der Waals surface area contributed by atoms with Gasteiger partial charge < -0.3 is 20.1 Å². The third kappa shape index (κ3) is 3.37. The van der Waals surface area contributed by atoms with Gasteiger partial charge in [0.2, 0.25) is 5.91 Å². The Hall–Kier alpha value is -1.79. The predicted octanol–water partition coefficient (Wildman–Crippen LogP) is 2.92. The van der Waals surface area contributed by atoms with Crippen molar-refractivity contribution in [2.24, 2.45) is 17.3 Å². The number of alkyl carbamates (subject to hydrolysis) is 1. The van der Waals surface area contributed by atoms with E-state index in [-0.39, 0.29) is 23.8 Å². The number of amides is 2. The topological polar surface area (TPSA) is 95.9 Å². The second-order valence-electron chi connectivity index (χ2n) is 10.4. The molecule has 28 heavy (non-hydrogen) atoms. The molecule has 3 aliphatic carbocycles. The number of fused-ring (bicyclic) bond motifs is 2. The highest BCUT2D eigenvalue weighted by Gasteiger charge is 2.57. The van der Waals surface area contributed by atoms with Gasteiger partial charge in [-0.05, 0) is 83.0 Å². The van der Waals surface area contributed by atoms with Crippen molar-refractivity contribution in [2.75, 3.05) is 0 Å². The number of likely N-dealkylation sites (tertiary alicyclic amines) is 1. The standard InChI is InChI=1S/C21H32N2O5/c1-20(2,3)28-19(27)22-15(13-10-21(11-13)7-4-8-21)17(24)23-14-6-5-12(9-14)16(23)18(25)26/h12-16H,4-11H2,1-3H3,(H,22,27)(H,25,26)/t12-,14+,15?,16-/m0/s1. The van der Waals surface area contributed by atoms with Crippen LogP contribution in [-0.4, -0.2) is 51.7 Å². The number of carbonyl (C=O) groups is 3. The summed E-state index contributed by atoms with van der Waals surface area (Å²) in [5.74, 6) is -1.06. The van der Waals surface area contributed by atoms with Crippen molar-refractivity contribution in [3.8, 4) is 0 Å². The fraction of sp³-hybridized carbons (Fsp3) is 0.857. The van der Waals surface area contributed by atoms with Gasteiger partial charge in [0.1, 0.15) is 17.7 Å². The molecule has 4 atom stereocenters. The maximum Gasteiger partial charge on any atom is 0.408 e. The van der Waals surface area contributed by atoms with Gasteiger partial charge in [-0.2, -0.15) is 0 Å². The van der Waals surface area contributed by atoms with Crippen molar-refractivity contribution >= 4 is 18.0 Å². The van der Waals surface area contributed by atoms with Crippen LogP contribution < -0.4 is 5.32 Å². The van der Waals surface area contributed by atoms with E-state index in [4.69, 9.17) is 4.74 Å². The number of hydrogen-bond acceptors (Lipinski definition) is 4. The summed E-state index contributed by atoms with van der Waals surface area (Å²) in [6.45, 7) is 5.36. The van der Waals surface area contributed by atoms with Gasteiger partial charge >= 0.3 is 12.1 Å². The molecule has 4 rings (SSSR count). The van der Waals surface area contributed by atoms with Gasteiger partial charge in [-0.3, -0.25) is 4.79 Å². The fourth-order valence-electron chi connectivity index (χ4n) is 5.97. The van der Waals surface area contributed by atoms with Gasteiger partial charge in [0.05, 0.1) is 0 Å². The van der Waals surface area contributed by atoms with E-state index >= 15 is 0 Å². The summed E-state index contributed by atoms with van der Waals surface area (Å²) in [5, 5.41) is 12.5. The molecule has 4 fully saturated rings. The maximum atomic E-state index is 13.5. The molecule has 0 aromatic heterocycles. The Morgan fingerprint density at radius 3 is 2.39 bits per heavy atom. The zero-order valence-corrected chi connectivity index (χ0v) is 17.1. The molecule has 7 nitrogen and oxygen atoms in total. The molecule has 1 unspecified atom stereocenters. The van der Waals surface area contributed by atoms with E-state index in [2.05, 4.69) is 5.32 Å². The number of carboxylic acid groups (broad SMARTS) is 1. The molecule has 156 valence electrons. The number of ether oxygens (including phenoxy) is 1. The summed E-state index contributed by atoms with van der Waals surface area (Å²) in [6.07, 6.45) is 7.37. The van der Waals surface area contributed by atoms with Crippen LogP contribution in [0.15, 0.2) is 0 Å². The highest BCUT2D eigenvalue weighted by atomic mass is 16.6. The van der Waals surface area contributed by atoms with Crippen LogP contribution in [0.1, 0.15) is 72.1 Å². The number of rotatable bonds is 4. The number of piperidine rings is 1. The molecule has 0 aromatic rings. The molecule has 1 saturated heterocycles. The molecule has 4 aliphatic rings. The van der Waals surface area contributed by atoms with Gasteiger partial charge in [0.25, 0.3) is 0 Å². The van der Waals surface area contributed by atoms with Crippen LogP contribution in [0.4, 0.5) is 4.79 Å². The fourth-order valence-corrected chi connectivity index (χ4v) is 5.97. The van der Waals surface area contributed by atoms with E-state index in [9.17, 15) is 19.5 Å². The van der Waals surface area contributed by atoms with E-state index in [0.29, 0.717) is 5.41 Å². The highest BCUT2D eigenvalue weighted by Crippen LogP contribution is 2.59. The Balaban J connectivity index is 1.51. The summed E-state index contributed by atoms with van der Waals surface area (Å²) in [4.78, 5) is 39.3. The smallest absolute Gasteiger partial charge is 0.408 e. The maximum absolute atomic E-state index is 13.5. The van der Waals surface area contributed by atoms with Crippen LogP contribution in [0.25, 0.3) is 0 Å². The van der Waals surface area contributed by atoms with Crippen molar-refractivity contribution in [1.29, 1.82) is 0 Å². The van der Waals surface area contributed by atoms with Gasteiger partial charge in [-0.1, -0.05) is 6.42 Å².